The average Bonchev–Trinajstić information content (AvgIpc) is 3.19. The Morgan fingerprint density at radius 3 is 2.65 bits per heavy atom. The molecule has 9 heteroatoms. The van der Waals surface area contributed by atoms with Crippen LogP contribution in [0.5, 0.6) is 0 Å². The highest BCUT2D eigenvalue weighted by molar-refractivity contribution is 9.10. The predicted molar refractivity (Wildman–Crippen MR) is 128 cm³/mol. The number of nitriles is 1. The van der Waals surface area contributed by atoms with Crippen molar-refractivity contribution in [1.29, 1.82) is 5.26 Å². The summed E-state index contributed by atoms with van der Waals surface area (Å²) in [5.41, 5.74) is 2.59. The monoisotopic (exact) mass is 516 g/mol. The van der Waals surface area contributed by atoms with Gasteiger partial charge in [-0.2, -0.15) is 5.26 Å². The van der Waals surface area contributed by atoms with Crippen molar-refractivity contribution < 1.29 is 9.90 Å². The van der Waals surface area contributed by atoms with Crippen LogP contribution in [0.25, 0.3) is 0 Å². The molecule has 0 spiro atoms. The molecule has 2 aromatic heterocycles. The van der Waals surface area contributed by atoms with Gasteiger partial charge in [0.1, 0.15) is 16.6 Å². The van der Waals surface area contributed by atoms with E-state index in [4.69, 9.17) is 5.26 Å². The zero-order valence-electron chi connectivity index (χ0n) is 17.1. The first-order valence-corrected chi connectivity index (χ1v) is 12.0. The summed E-state index contributed by atoms with van der Waals surface area (Å²) in [6, 6.07) is 13.9. The summed E-state index contributed by atoms with van der Waals surface area (Å²) in [6.45, 7) is 4.71. The van der Waals surface area contributed by atoms with Gasteiger partial charge in [0.25, 0.3) is 0 Å². The third-order valence-corrected chi connectivity index (χ3v) is 7.21. The van der Waals surface area contributed by atoms with Crippen molar-refractivity contribution in [2.24, 2.45) is 0 Å². The Labute approximate surface area is 198 Å². The highest BCUT2D eigenvalue weighted by Crippen LogP contribution is 2.34. The van der Waals surface area contributed by atoms with Crippen molar-refractivity contribution in [2.45, 2.75) is 35.9 Å². The molecule has 1 N–H and O–H groups in total. The van der Waals surface area contributed by atoms with Gasteiger partial charge in [0.15, 0.2) is 4.34 Å². The molecule has 0 saturated heterocycles. The lowest BCUT2D eigenvalue weighted by atomic mass is 10.2. The number of nitrogens with zero attached hydrogens (tertiary/aromatic N) is 4. The van der Waals surface area contributed by atoms with E-state index in [1.54, 1.807) is 26.1 Å². The molecule has 0 saturated carbocycles. The van der Waals surface area contributed by atoms with Crippen LogP contribution in [0.3, 0.4) is 0 Å². The normalized spacial score (nSPS) is 11.2. The topological polar surface area (TPSA) is 90.1 Å². The smallest absolute Gasteiger partial charge is 0.319 e. The lowest BCUT2D eigenvalue weighted by molar-refractivity contribution is -0.138. The number of thiazole rings is 1. The quantitative estimate of drug-likeness (QED) is 0.382. The van der Waals surface area contributed by atoms with Gasteiger partial charge in [-0.05, 0) is 43.7 Å². The van der Waals surface area contributed by atoms with E-state index in [1.807, 2.05) is 23.6 Å². The number of hydrogen-bond donors (Lipinski definition) is 1. The molecule has 0 aliphatic rings. The van der Waals surface area contributed by atoms with E-state index >= 15 is 0 Å². The number of halogens is 1. The summed E-state index contributed by atoms with van der Waals surface area (Å²) >= 11 is 6.19. The van der Waals surface area contributed by atoms with Crippen LogP contribution in [0, 0.1) is 11.3 Å². The molecule has 31 heavy (non-hydrogen) atoms. The van der Waals surface area contributed by atoms with Crippen LogP contribution in [0.1, 0.15) is 30.7 Å². The predicted octanol–water partition coefficient (Wildman–Crippen LogP) is 5.38. The Bertz CT molecular complexity index is 1080. The van der Waals surface area contributed by atoms with E-state index in [1.165, 1.54) is 23.1 Å². The number of hydrogen-bond acceptors (Lipinski definition) is 7. The Kier molecular flexibility index (Phi) is 7.70. The molecule has 3 rings (SSSR count). The fraction of sp³-hybridized carbons (Fsp3) is 0.273. The number of carbonyl (C=O) groups is 1. The molecule has 0 unspecified atom stereocenters. The lowest BCUT2D eigenvalue weighted by Crippen LogP contribution is -2.27. The first-order valence-electron chi connectivity index (χ1n) is 9.49. The fourth-order valence-corrected chi connectivity index (χ4v) is 5.18. The van der Waals surface area contributed by atoms with Gasteiger partial charge < -0.3 is 10.0 Å². The summed E-state index contributed by atoms with van der Waals surface area (Å²) < 4.78 is 0.851. The molecule has 0 radical (unpaired) electrons. The van der Waals surface area contributed by atoms with E-state index in [0.717, 1.165) is 25.9 Å². The van der Waals surface area contributed by atoms with Gasteiger partial charge >= 0.3 is 5.97 Å². The highest BCUT2D eigenvalue weighted by Gasteiger charge is 2.29. The van der Waals surface area contributed by atoms with Gasteiger partial charge in [-0.1, -0.05) is 39.8 Å². The third kappa shape index (κ3) is 6.53. The maximum Gasteiger partial charge on any atom is 0.319 e. The largest absolute Gasteiger partial charge is 0.480 e. The molecule has 0 aliphatic heterocycles. The zero-order chi connectivity index (χ0) is 22.4. The number of carboxylic acid groups (broad SMARTS) is 1. The summed E-state index contributed by atoms with van der Waals surface area (Å²) in [5, 5.41) is 20.3. The van der Waals surface area contributed by atoms with Crippen molar-refractivity contribution in [3.63, 3.8) is 0 Å². The second kappa shape index (κ2) is 10.3. The van der Waals surface area contributed by atoms with Gasteiger partial charge in [-0.15, -0.1) is 11.3 Å². The maximum atomic E-state index is 11.4. The Balaban J connectivity index is 1.73. The van der Waals surface area contributed by atoms with Crippen LogP contribution >= 0.6 is 39.0 Å². The molecule has 3 aromatic rings. The van der Waals surface area contributed by atoms with Gasteiger partial charge in [0.05, 0.1) is 11.3 Å². The molecule has 0 fully saturated rings. The van der Waals surface area contributed by atoms with E-state index < -0.39 is 10.7 Å². The molecule has 0 amide bonds. The van der Waals surface area contributed by atoms with Gasteiger partial charge in [0.2, 0.25) is 0 Å². The van der Waals surface area contributed by atoms with E-state index in [-0.39, 0.29) is 0 Å². The number of aromatic nitrogens is 2. The molecular formula is C22H21BrN4O2S2. The molecule has 6 nitrogen and oxygen atoms in total. The Morgan fingerprint density at radius 2 is 2.03 bits per heavy atom. The molecule has 2 heterocycles. The van der Waals surface area contributed by atoms with E-state index in [0.29, 0.717) is 25.1 Å². The maximum absolute atomic E-state index is 11.4. The van der Waals surface area contributed by atoms with Crippen molar-refractivity contribution in [2.75, 3.05) is 11.4 Å². The lowest BCUT2D eigenvalue weighted by Gasteiger charge is -2.23. The number of carboxylic acids is 1. The van der Waals surface area contributed by atoms with Crippen molar-refractivity contribution in [3.05, 3.63) is 69.3 Å². The minimum absolute atomic E-state index is 0.523. The number of benzene rings is 1. The highest BCUT2D eigenvalue weighted by atomic mass is 79.9. The third-order valence-electron chi connectivity index (χ3n) is 4.51. The first kappa shape index (κ1) is 23.3. The SMILES string of the molecule is CC(C)(Sc1nc(CCN(Cc2ccc(Br)cc2)c2ccc(C#N)cn2)cs1)C(=O)O. The Hall–Kier alpha value is -2.41. The van der Waals surface area contributed by atoms with Crippen LogP contribution in [0.15, 0.2) is 56.8 Å². The standard InChI is InChI=1S/C22H21BrN4O2S2/c1-22(2,20(28)29)31-21-26-18(14-30-21)9-10-27(13-15-3-6-17(23)7-4-15)19-8-5-16(11-24)12-25-19/h3-8,12,14H,9-10,13H2,1-2H3,(H,28,29). The van der Waals surface area contributed by atoms with E-state index in [9.17, 15) is 9.90 Å². The molecule has 1 aromatic carbocycles. The molecule has 0 atom stereocenters. The molecular weight excluding hydrogens is 496 g/mol. The second-order valence-electron chi connectivity index (χ2n) is 7.34. The summed E-state index contributed by atoms with van der Waals surface area (Å²) in [6.07, 6.45) is 2.28. The van der Waals surface area contributed by atoms with Crippen LogP contribution in [0.4, 0.5) is 5.82 Å². The summed E-state index contributed by atoms with van der Waals surface area (Å²) in [7, 11) is 0. The van der Waals surface area contributed by atoms with Gasteiger partial charge in [0, 0.05) is 35.6 Å². The van der Waals surface area contributed by atoms with Gasteiger partial charge in [-0.25, -0.2) is 9.97 Å². The van der Waals surface area contributed by atoms with Crippen molar-refractivity contribution in [3.8, 4) is 6.07 Å². The van der Waals surface area contributed by atoms with Crippen molar-refractivity contribution >= 4 is 50.8 Å². The number of rotatable bonds is 9. The van der Waals surface area contributed by atoms with Crippen molar-refractivity contribution in [1.82, 2.24) is 9.97 Å². The molecule has 160 valence electrons. The minimum atomic E-state index is -0.921. The van der Waals surface area contributed by atoms with Crippen LogP contribution in [-0.4, -0.2) is 32.3 Å². The fourth-order valence-electron chi connectivity index (χ4n) is 2.69. The minimum Gasteiger partial charge on any atom is -0.480 e. The van der Waals surface area contributed by atoms with E-state index in [2.05, 4.69) is 49.0 Å². The number of aliphatic carboxylic acids is 1. The van der Waals surface area contributed by atoms with Crippen LogP contribution in [-0.2, 0) is 17.8 Å². The van der Waals surface area contributed by atoms with Crippen LogP contribution in [0.2, 0.25) is 0 Å². The summed E-state index contributed by atoms with van der Waals surface area (Å²) in [5.74, 6) is -0.0689. The van der Waals surface area contributed by atoms with Gasteiger partial charge in [-0.3, -0.25) is 4.79 Å². The Morgan fingerprint density at radius 1 is 1.29 bits per heavy atom. The number of anilines is 1. The number of pyridine rings is 1. The zero-order valence-corrected chi connectivity index (χ0v) is 20.3. The second-order valence-corrected chi connectivity index (χ2v) is 11.0. The first-order chi connectivity index (χ1) is 14.8. The molecule has 0 aliphatic carbocycles. The molecule has 0 bridgehead atoms. The average molecular weight is 517 g/mol. The van der Waals surface area contributed by atoms with Crippen LogP contribution < -0.4 is 4.90 Å². The number of thioether (sulfide) groups is 1. The summed E-state index contributed by atoms with van der Waals surface area (Å²) in [4.78, 5) is 22.6.